The summed E-state index contributed by atoms with van der Waals surface area (Å²) < 4.78 is 26.9. The number of imide groups is 1. The van der Waals surface area contributed by atoms with E-state index in [4.69, 9.17) is 11.6 Å². The first-order valence-electron chi connectivity index (χ1n) is 8.61. The van der Waals surface area contributed by atoms with Crippen LogP contribution in [0.5, 0.6) is 0 Å². The molecule has 1 heterocycles. The standard InChI is InChI=1S/C22H13ClF2N2O2/c23-14-6-4-13(5-7-14)19-20(26-17-10-8-15(24)9-11-17)22(29)27(21(19)28)18-3-1-2-16(25)12-18/h1-12,26H. The summed E-state index contributed by atoms with van der Waals surface area (Å²) in [7, 11) is 0. The fraction of sp³-hybridized carbons (Fsp3) is 0. The van der Waals surface area contributed by atoms with E-state index in [9.17, 15) is 18.4 Å². The number of carbonyl (C=O) groups excluding carboxylic acids is 2. The lowest BCUT2D eigenvalue weighted by Gasteiger charge is -2.15. The van der Waals surface area contributed by atoms with Gasteiger partial charge >= 0.3 is 0 Å². The Hall–Kier alpha value is -3.51. The predicted molar refractivity (Wildman–Crippen MR) is 107 cm³/mol. The zero-order chi connectivity index (χ0) is 20.5. The first kappa shape index (κ1) is 18.8. The number of halogens is 3. The molecule has 1 aliphatic rings. The number of nitrogens with one attached hydrogen (secondary N) is 1. The molecule has 0 saturated carbocycles. The quantitative estimate of drug-likeness (QED) is 0.615. The summed E-state index contributed by atoms with van der Waals surface area (Å²) in [5.41, 5.74) is 1.13. The lowest BCUT2D eigenvalue weighted by atomic mass is 10.0. The number of hydrogen-bond acceptors (Lipinski definition) is 3. The number of rotatable bonds is 4. The molecule has 0 spiro atoms. The number of carbonyl (C=O) groups is 2. The second kappa shape index (κ2) is 7.48. The van der Waals surface area contributed by atoms with Gasteiger partial charge in [0.25, 0.3) is 11.8 Å². The van der Waals surface area contributed by atoms with Gasteiger partial charge in [-0.1, -0.05) is 29.8 Å². The fourth-order valence-corrected chi connectivity index (χ4v) is 3.18. The van der Waals surface area contributed by atoms with Crippen LogP contribution in [0.15, 0.2) is 78.5 Å². The summed E-state index contributed by atoms with van der Waals surface area (Å²) in [6.45, 7) is 0. The minimum absolute atomic E-state index is 0.00759. The van der Waals surface area contributed by atoms with Gasteiger partial charge < -0.3 is 5.32 Å². The summed E-state index contributed by atoms with van der Waals surface area (Å²) in [4.78, 5) is 27.2. The third-order valence-corrected chi connectivity index (χ3v) is 4.65. The molecule has 29 heavy (non-hydrogen) atoms. The second-order valence-corrected chi connectivity index (χ2v) is 6.75. The average Bonchev–Trinajstić information content (AvgIpc) is 2.94. The predicted octanol–water partition coefficient (Wildman–Crippen LogP) is 5.01. The number of hydrogen-bond donors (Lipinski definition) is 1. The van der Waals surface area contributed by atoms with Crippen molar-refractivity contribution < 1.29 is 18.4 Å². The molecule has 7 heteroatoms. The Morgan fingerprint density at radius 1 is 0.793 bits per heavy atom. The molecule has 0 atom stereocenters. The third kappa shape index (κ3) is 3.62. The molecule has 1 aliphatic heterocycles. The van der Waals surface area contributed by atoms with E-state index >= 15 is 0 Å². The number of nitrogens with zero attached hydrogens (tertiary/aromatic N) is 1. The first-order chi connectivity index (χ1) is 13.9. The molecular weight excluding hydrogens is 398 g/mol. The van der Waals surface area contributed by atoms with Crippen LogP contribution in [0, 0.1) is 11.6 Å². The monoisotopic (exact) mass is 410 g/mol. The Morgan fingerprint density at radius 3 is 2.14 bits per heavy atom. The van der Waals surface area contributed by atoms with Crippen molar-refractivity contribution in [2.45, 2.75) is 0 Å². The van der Waals surface area contributed by atoms with Crippen LogP contribution in [0.25, 0.3) is 5.57 Å². The molecule has 0 radical (unpaired) electrons. The van der Waals surface area contributed by atoms with E-state index in [2.05, 4.69) is 5.32 Å². The van der Waals surface area contributed by atoms with Crippen LogP contribution < -0.4 is 10.2 Å². The summed E-state index contributed by atoms with van der Waals surface area (Å²) in [5, 5.41) is 3.37. The van der Waals surface area contributed by atoms with Crippen LogP contribution in [-0.4, -0.2) is 11.8 Å². The number of anilines is 2. The maximum absolute atomic E-state index is 13.7. The molecule has 3 aromatic rings. The molecule has 1 N–H and O–H groups in total. The molecule has 0 fully saturated rings. The van der Waals surface area contributed by atoms with Gasteiger partial charge in [0.1, 0.15) is 17.3 Å². The van der Waals surface area contributed by atoms with Gasteiger partial charge in [-0.2, -0.15) is 0 Å². The van der Waals surface area contributed by atoms with Gasteiger partial charge in [0.2, 0.25) is 0 Å². The van der Waals surface area contributed by atoms with Crippen LogP contribution in [0.3, 0.4) is 0 Å². The highest BCUT2D eigenvalue weighted by atomic mass is 35.5. The van der Waals surface area contributed by atoms with Crippen LogP contribution in [0.2, 0.25) is 5.02 Å². The van der Waals surface area contributed by atoms with E-state index in [-0.39, 0.29) is 17.0 Å². The van der Waals surface area contributed by atoms with Crippen molar-refractivity contribution in [3.63, 3.8) is 0 Å². The third-order valence-electron chi connectivity index (χ3n) is 4.40. The number of benzene rings is 3. The largest absolute Gasteiger partial charge is 0.350 e. The van der Waals surface area contributed by atoms with Crippen LogP contribution in [-0.2, 0) is 9.59 Å². The van der Waals surface area contributed by atoms with Gasteiger partial charge in [-0.3, -0.25) is 9.59 Å². The number of amides is 2. The van der Waals surface area contributed by atoms with Gasteiger partial charge in [0.15, 0.2) is 0 Å². The highest BCUT2D eigenvalue weighted by Crippen LogP contribution is 2.34. The molecule has 0 bridgehead atoms. The minimum Gasteiger partial charge on any atom is -0.350 e. The SMILES string of the molecule is O=C1C(Nc2ccc(F)cc2)=C(c2ccc(Cl)cc2)C(=O)N1c1cccc(F)c1. The van der Waals surface area contributed by atoms with E-state index in [0.29, 0.717) is 16.3 Å². The van der Waals surface area contributed by atoms with Crippen molar-refractivity contribution in [3.8, 4) is 0 Å². The lowest BCUT2D eigenvalue weighted by molar-refractivity contribution is -0.120. The molecule has 4 rings (SSSR count). The summed E-state index contributed by atoms with van der Waals surface area (Å²) in [6, 6.07) is 17.0. The maximum Gasteiger partial charge on any atom is 0.282 e. The van der Waals surface area contributed by atoms with Crippen molar-refractivity contribution in [1.29, 1.82) is 0 Å². The summed E-state index contributed by atoms with van der Waals surface area (Å²) >= 11 is 5.94. The molecule has 0 saturated heterocycles. The van der Waals surface area contributed by atoms with Gasteiger partial charge in [-0.15, -0.1) is 0 Å². The molecule has 0 unspecified atom stereocenters. The van der Waals surface area contributed by atoms with Crippen LogP contribution >= 0.6 is 11.6 Å². The van der Waals surface area contributed by atoms with Gasteiger partial charge in [-0.05, 0) is 60.2 Å². The van der Waals surface area contributed by atoms with Crippen molar-refractivity contribution >= 4 is 40.4 Å². The molecule has 0 aromatic heterocycles. The topological polar surface area (TPSA) is 49.4 Å². The minimum atomic E-state index is -0.644. The van der Waals surface area contributed by atoms with E-state index in [1.54, 1.807) is 24.3 Å². The van der Waals surface area contributed by atoms with Gasteiger partial charge in [0.05, 0.1) is 11.3 Å². The highest BCUT2D eigenvalue weighted by Gasteiger charge is 2.40. The van der Waals surface area contributed by atoms with E-state index in [1.807, 2.05) is 0 Å². The normalized spacial score (nSPS) is 14.0. The van der Waals surface area contributed by atoms with Crippen molar-refractivity contribution in [1.82, 2.24) is 0 Å². The van der Waals surface area contributed by atoms with Gasteiger partial charge in [-0.25, -0.2) is 13.7 Å². The molecule has 4 nitrogen and oxygen atoms in total. The zero-order valence-electron chi connectivity index (χ0n) is 14.8. The van der Waals surface area contributed by atoms with Crippen LogP contribution in [0.1, 0.15) is 5.56 Å². The first-order valence-corrected chi connectivity index (χ1v) is 8.99. The molecule has 2 amide bonds. The molecule has 0 aliphatic carbocycles. The summed E-state index contributed by atoms with van der Waals surface area (Å²) in [6.07, 6.45) is 0. The smallest absolute Gasteiger partial charge is 0.282 e. The van der Waals surface area contributed by atoms with E-state index < -0.39 is 23.4 Å². The Bertz CT molecular complexity index is 1140. The summed E-state index contributed by atoms with van der Waals surface area (Å²) in [5.74, 6) is -2.25. The Morgan fingerprint density at radius 2 is 1.48 bits per heavy atom. The zero-order valence-corrected chi connectivity index (χ0v) is 15.6. The fourth-order valence-electron chi connectivity index (χ4n) is 3.06. The lowest BCUT2D eigenvalue weighted by Crippen LogP contribution is -2.32. The van der Waals surface area contributed by atoms with Crippen molar-refractivity contribution in [3.05, 3.63) is 101 Å². The van der Waals surface area contributed by atoms with Crippen molar-refractivity contribution in [2.75, 3.05) is 10.2 Å². The highest BCUT2D eigenvalue weighted by molar-refractivity contribution is 6.46. The molecule has 3 aromatic carbocycles. The van der Waals surface area contributed by atoms with Crippen molar-refractivity contribution in [2.24, 2.45) is 0 Å². The van der Waals surface area contributed by atoms with E-state index in [0.717, 1.165) is 11.0 Å². The van der Waals surface area contributed by atoms with E-state index in [1.165, 1.54) is 42.5 Å². The Balaban J connectivity index is 1.82. The maximum atomic E-state index is 13.7. The average molecular weight is 411 g/mol. The second-order valence-electron chi connectivity index (χ2n) is 6.31. The molecular formula is C22H13ClF2N2O2. The van der Waals surface area contributed by atoms with Gasteiger partial charge in [0, 0.05) is 10.7 Å². The Labute approximate surface area is 170 Å². The molecule has 144 valence electrons. The Kier molecular flexibility index (Phi) is 4.86. The van der Waals surface area contributed by atoms with Crippen LogP contribution in [0.4, 0.5) is 20.2 Å².